The number of morpholine rings is 1. The summed E-state index contributed by atoms with van der Waals surface area (Å²) in [6.07, 6.45) is 3.57. The van der Waals surface area contributed by atoms with E-state index in [1.165, 1.54) is 4.68 Å². The number of benzene rings is 1. The lowest BCUT2D eigenvalue weighted by molar-refractivity contribution is 0.122. The van der Waals surface area contributed by atoms with E-state index in [0.29, 0.717) is 24.9 Å². The molecule has 0 amide bonds. The first-order valence-electron chi connectivity index (χ1n) is 11.1. The van der Waals surface area contributed by atoms with Gasteiger partial charge in [-0.3, -0.25) is 4.98 Å². The Morgan fingerprint density at radius 1 is 0.971 bits per heavy atom. The highest BCUT2D eigenvalue weighted by molar-refractivity contribution is 7.22. The van der Waals surface area contributed by atoms with Gasteiger partial charge in [0.25, 0.3) is 5.95 Å². The third-order valence-electron chi connectivity index (χ3n) is 5.81. The van der Waals surface area contributed by atoms with Crippen LogP contribution in [0, 0.1) is 6.92 Å². The van der Waals surface area contributed by atoms with Crippen LogP contribution in [0.3, 0.4) is 0 Å². The molecule has 1 aliphatic rings. The van der Waals surface area contributed by atoms with Crippen molar-refractivity contribution in [3.05, 3.63) is 66.5 Å². The minimum absolute atomic E-state index is 0.00614. The fourth-order valence-corrected chi connectivity index (χ4v) is 5.23. The Hall–Kier alpha value is -3.82. The predicted octanol–water partition coefficient (Wildman–Crippen LogP) is 4.46. The molecule has 0 atom stereocenters. The number of fused-ring (bicyclic) bond motifs is 1. The van der Waals surface area contributed by atoms with Crippen LogP contribution < -0.4 is 4.90 Å². The Labute approximate surface area is 200 Å². The van der Waals surface area contributed by atoms with Crippen molar-refractivity contribution in [1.82, 2.24) is 24.7 Å². The molecule has 0 bridgehead atoms. The van der Waals surface area contributed by atoms with Gasteiger partial charge < -0.3 is 14.7 Å². The van der Waals surface area contributed by atoms with Gasteiger partial charge in [0.05, 0.1) is 29.1 Å². The van der Waals surface area contributed by atoms with Crippen molar-refractivity contribution in [3.8, 4) is 33.5 Å². The third-order valence-corrected chi connectivity index (χ3v) is 6.98. The second-order valence-corrected chi connectivity index (χ2v) is 9.23. The molecule has 0 radical (unpaired) electrons. The van der Waals surface area contributed by atoms with Crippen LogP contribution in [0.1, 0.15) is 5.56 Å². The van der Waals surface area contributed by atoms with Crippen molar-refractivity contribution in [2.75, 3.05) is 31.2 Å². The van der Waals surface area contributed by atoms with E-state index in [2.05, 4.69) is 21.0 Å². The first-order valence-corrected chi connectivity index (χ1v) is 11.9. The van der Waals surface area contributed by atoms with Crippen LogP contribution in [0.25, 0.3) is 37.9 Å². The first kappa shape index (κ1) is 20.8. The number of thiophene rings is 1. The van der Waals surface area contributed by atoms with Gasteiger partial charge in [-0.05, 0) is 36.8 Å². The normalized spacial score (nSPS) is 14.1. The minimum Gasteiger partial charge on any atom is -0.493 e. The highest BCUT2D eigenvalue weighted by Gasteiger charge is 2.22. The zero-order valence-corrected chi connectivity index (χ0v) is 19.4. The number of anilines is 1. The second kappa shape index (κ2) is 8.51. The number of nitrogens with zero attached hydrogens (tertiary/aromatic N) is 6. The molecule has 0 saturated carbocycles. The maximum atomic E-state index is 10.8. The van der Waals surface area contributed by atoms with E-state index in [-0.39, 0.29) is 5.88 Å². The summed E-state index contributed by atoms with van der Waals surface area (Å²) >= 11 is 1.65. The molecule has 170 valence electrons. The van der Waals surface area contributed by atoms with Crippen LogP contribution in [0.5, 0.6) is 5.88 Å². The number of aromatic hydroxyl groups is 1. The van der Waals surface area contributed by atoms with Crippen molar-refractivity contribution in [2.45, 2.75) is 6.92 Å². The summed E-state index contributed by atoms with van der Waals surface area (Å²) in [5.74, 6) is 1.17. The molecule has 9 heteroatoms. The van der Waals surface area contributed by atoms with Gasteiger partial charge in [-0.2, -0.15) is 14.8 Å². The van der Waals surface area contributed by atoms with Crippen LogP contribution in [-0.2, 0) is 4.74 Å². The molecule has 1 N–H and O–H groups in total. The maximum absolute atomic E-state index is 10.8. The van der Waals surface area contributed by atoms with Crippen molar-refractivity contribution in [1.29, 1.82) is 0 Å². The fraction of sp³-hybridized carbons (Fsp3) is 0.200. The summed E-state index contributed by atoms with van der Waals surface area (Å²) in [4.78, 5) is 17.1. The molecule has 4 aromatic heterocycles. The van der Waals surface area contributed by atoms with E-state index >= 15 is 0 Å². The molecule has 34 heavy (non-hydrogen) atoms. The zero-order valence-electron chi connectivity index (χ0n) is 18.5. The van der Waals surface area contributed by atoms with Crippen LogP contribution in [0.15, 0.2) is 60.9 Å². The molecular formula is C25H22N6O2S. The molecule has 1 aliphatic heterocycles. The lowest BCUT2D eigenvalue weighted by Crippen LogP contribution is -2.37. The average molecular weight is 471 g/mol. The van der Waals surface area contributed by atoms with Gasteiger partial charge in [0, 0.05) is 42.0 Å². The number of rotatable bonds is 4. The molecule has 8 nitrogen and oxygen atoms in total. The van der Waals surface area contributed by atoms with Crippen molar-refractivity contribution < 1.29 is 9.84 Å². The molecule has 0 unspecified atom stereocenters. The van der Waals surface area contributed by atoms with Gasteiger partial charge in [-0.25, -0.2) is 4.98 Å². The topological polar surface area (TPSA) is 89.2 Å². The Morgan fingerprint density at radius 3 is 2.59 bits per heavy atom. The van der Waals surface area contributed by atoms with Crippen LogP contribution in [0.2, 0.25) is 0 Å². The lowest BCUT2D eigenvalue weighted by atomic mass is 10.1. The quantitative estimate of drug-likeness (QED) is 0.415. The smallest absolute Gasteiger partial charge is 0.256 e. The molecule has 1 saturated heterocycles. The number of hydrogen-bond acceptors (Lipinski definition) is 8. The van der Waals surface area contributed by atoms with E-state index in [1.54, 1.807) is 29.8 Å². The second-order valence-electron chi connectivity index (χ2n) is 8.18. The largest absolute Gasteiger partial charge is 0.493 e. The Balaban J connectivity index is 1.50. The highest BCUT2D eigenvalue weighted by atomic mass is 32.1. The summed E-state index contributed by atoms with van der Waals surface area (Å²) in [5.41, 5.74) is 4.62. The summed E-state index contributed by atoms with van der Waals surface area (Å²) in [6.45, 7) is 4.81. The zero-order chi connectivity index (χ0) is 23.1. The number of hydrogen-bond donors (Lipinski definition) is 1. The van der Waals surface area contributed by atoms with Crippen molar-refractivity contribution in [3.63, 3.8) is 0 Å². The highest BCUT2D eigenvalue weighted by Crippen LogP contribution is 2.38. The van der Waals surface area contributed by atoms with E-state index in [0.717, 1.165) is 50.7 Å². The van der Waals surface area contributed by atoms with Gasteiger partial charge in [0.15, 0.2) is 5.82 Å². The lowest BCUT2D eigenvalue weighted by Gasteiger charge is -2.28. The van der Waals surface area contributed by atoms with Gasteiger partial charge in [0.1, 0.15) is 0 Å². The van der Waals surface area contributed by atoms with E-state index in [4.69, 9.17) is 14.7 Å². The van der Waals surface area contributed by atoms with E-state index in [1.807, 2.05) is 43.3 Å². The third kappa shape index (κ3) is 3.78. The monoisotopic (exact) mass is 470 g/mol. The van der Waals surface area contributed by atoms with Gasteiger partial charge >= 0.3 is 0 Å². The molecule has 5 aromatic rings. The Bertz CT molecular complexity index is 1470. The number of pyridine rings is 1. The predicted molar refractivity (Wildman–Crippen MR) is 133 cm³/mol. The Morgan fingerprint density at radius 2 is 1.79 bits per heavy atom. The van der Waals surface area contributed by atoms with Crippen LogP contribution >= 0.6 is 11.3 Å². The van der Waals surface area contributed by atoms with Crippen molar-refractivity contribution in [2.24, 2.45) is 0 Å². The van der Waals surface area contributed by atoms with Gasteiger partial charge in [0.2, 0.25) is 5.88 Å². The molecule has 0 spiro atoms. The molecule has 1 fully saturated rings. The van der Waals surface area contributed by atoms with Gasteiger partial charge in [-0.1, -0.05) is 23.8 Å². The number of ether oxygens (including phenoxy) is 1. The molecule has 0 aliphatic carbocycles. The van der Waals surface area contributed by atoms with E-state index < -0.39 is 0 Å². The summed E-state index contributed by atoms with van der Waals surface area (Å²) in [6, 6.07) is 15.7. The summed E-state index contributed by atoms with van der Waals surface area (Å²) in [7, 11) is 0. The number of aryl methyl sites for hydroxylation is 1. The SMILES string of the molecule is Cc1cccc(-c2cc(O)n(-c3nc(N4CCOCC4)c4sc(-c5ccncc5)cc4n3)n2)c1. The molecule has 5 heterocycles. The fourth-order valence-electron chi connectivity index (χ4n) is 4.11. The minimum atomic E-state index is -0.00614. The van der Waals surface area contributed by atoms with Gasteiger partial charge in [-0.15, -0.1) is 11.3 Å². The molecule has 1 aromatic carbocycles. The first-order chi connectivity index (χ1) is 16.7. The standard InChI is InChI=1S/C25H22N6O2S/c1-16-3-2-4-18(13-16)19-15-22(32)31(29-19)25-27-20-14-21(17-5-7-26-8-6-17)34-23(20)24(28-25)30-9-11-33-12-10-30/h2-8,13-15,32H,9-12H2,1H3. The van der Waals surface area contributed by atoms with Crippen molar-refractivity contribution >= 4 is 27.4 Å². The number of aromatic nitrogens is 5. The van der Waals surface area contributed by atoms with Crippen LogP contribution in [0.4, 0.5) is 5.82 Å². The van der Waals surface area contributed by atoms with E-state index in [9.17, 15) is 5.11 Å². The molecular weight excluding hydrogens is 448 g/mol. The van der Waals surface area contributed by atoms with Crippen LogP contribution in [-0.4, -0.2) is 56.1 Å². The molecule has 6 rings (SSSR count). The summed E-state index contributed by atoms with van der Waals surface area (Å²) in [5, 5.41) is 15.4. The Kier molecular flexibility index (Phi) is 5.20. The summed E-state index contributed by atoms with van der Waals surface area (Å²) < 4.78 is 7.97. The maximum Gasteiger partial charge on any atom is 0.256 e. The average Bonchev–Trinajstić information content (AvgIpc) is 3.48.